The van der Waals surface area contributed by atoms with E-state index in [0.29, 0.717) is 12.2 Å². The molecule has 1 aliphatic carbocycles. The Labute approximate surface area is 143 Å². The van der Waals surface area contributed by atoms with E-state index in [1.54, 1.807) is 6.21 Å². The molecule has 0 fully saturated rings. The van der Waals surface area contributed by atoms with Crippen LogP contribution in [0.5, 0.6) is 0 Å². The standard InChI is InChI=1S/C18H27N5O/c1-5-11-22(4)16-21-15-13(19)7-8-14-18(15,9-6-10-20-14)23(16)12-17(2,3)24/h6-10,16,24H,5,11-12,19H2,1-4H3. The summed E-state index contributed by atoms with van der Waals surface area (Å²) in [5.74, 6) is 0. The molecule has 0 aromatic heterocycles. The number of allylic oxidation sites excluding steroid dienone is 3. The number of hydrogen-bond acceptors (Lipinski definition) is 6. The predicted octanol–water partition coefficient (Wildman–Crippen LogP) is 1.26. The van der Waals surface area contributed by atoms with Gasteiger partial charge in [-0.25, -0.2) is 4.90 Å². The van der Waals surface area contributed by atoms with Gasteiger partial charge in [-0.3, -0.25) is 14.9 Å². The van der Waals surface area contributed by atoms with E-state index < -0.39 is 11.1 Å². The highest BCUT2D eigenvalue weighted by Crippen LogP contribution is 2.42. The van der Waals surface area contributed by atoms with Gasteiger partial charge in [-0.15, -0.1) is 0 Å². The van der Waals surface area contributed by atoms with Crippen molar-refractivity contribution in [3.05, 3.63) is 35.7 Å². The Morgan fingerprint density at radius 3 is 2.83 bits per heavy atom. The first-order valence-corrected chi connectivity index (χ1v) is 8.47. The summed E-state index contributed by atoms with van der Waals surface area (Å²) < 4.78 is 0. The van der Waals surface area contributed by atoms with Crippen molar-refractivity contribution >= 4 is 11.9 Å². The quantitative estimate of drug-likeness (QED) is 0.796. The van der Waals surface area contributed by atoms with Crippen LogP contribution < -0.4 is 5.73 Å². The lowest BCUT2D eigenvalue weighted by atomic mass is 9.81. The largest absolute Gasteiger partial charge is 0.397 e. The highest BCUT2D eigenvalue weighted by Gasteiger charge is 2.55. The van der Waals surface area contributed by atoms with Crippen LogP contribution in [0.1, 0.15) is 27.2 Å². The van der Waals surface area contributed by atoms with Crippen molar-refractivity contribution in [3.63, 3.8) is 0 Å². The van der Waals surface area contributed by atoms with Gasteiger partial charge in [0.15, 0.2) is 6.29 Å². The van der Waals surface area contributed by atoms with Crippen LogP contribution in [-0.2, 0) is 0 Å². The summed E-state index contributed by atoms with van der Waals surface area (Å²) in [5.41, 5.74) is 7.20. The molecule has 0 bridgehead atoms. The predicted molar refractivity (Wildman–Crippen MR) is 97.9 cm³/mol. The number of nitrogens with two attached hydrogens (primary N) is 1. The van der Waals surface area contributed by atoms with Crippen molar-refractivity contribution in [2.45, 2.75) is 44.6 Å². The maximum atomic E-state index is 10.5. The zero-order valence-electron chi connectivity index (χ0n) is 14.9. The van der Waals surface area contributed by atoms with E-state index in [9.17, 15) is 5.11 Å². The van der Waals surface area contributed by atoms with Gasteiger partial charge in [0.05, 0.1) is 22.7 Å². The lowest BCUT2D eigenvalue weighted by Crippen LogP contribution is -2.61. The van der Waals surface area contributed by atoms with E-state index in [1.165, 1.54) is 0 Å². The fraction of sp³-hybridized carbons (Fsp3) is 0.556. The minimum Gasteiger partial charge on any atom is -0.397 e. The third-order valence-corrected chi connectivity index (χ3v) is 4.59. The Hall–Kier alpha value is -1.76. The molecular formula is C18H27N5O. The molecule has 2 atom stereocenters. The number of rotatable bonds is 5. The van der Waals surface area contributed by atoms with Gasteiger partial charge < -0.3 is 10.8 Å². The highest BCUT2D eigenvalue weighted by molar-refractivity contribution is 6.13. The Balaban J connectivity index is 2.11. The zero-order chi connectivity index (χ0) is 17.5. The third-order valence-electron chi connectivity index (χ3n) is 4.59. The van der Waals surface area contributed by atoms with Crippen LogP contribution >= 0.6 is 0 Å². The van der Waals surface area contributed by atoms with E-state index in [-0.39, 0.29) is 6.29 Å². The summed E-state index contributed by atoms with van der Waals surface area (Å²) in [6.45, 7) is 7.16. The normalized spacial score (nSPS) is 29.2. The summed E-state index contributed by atoms with van der Waals surface area (Å²) >= 11 is 0. The molecular weight excluding hydrogens is 302 g/mol. The average molecular weight is 329 g/mol. The first kappa shape index (κ1) is 17.1. The van der Waals surface area contributed by atoms with E-state index >= 15 is 0 Å². The van der Waals surface area contributed by atoms with Crippen molar-refractivity contribution in [2.24, 2.45) is 15.7 Å². The summed E-state index contributed by atoms with van der Waals surface area (Å²) in [6.07, 6.45) is 10.5. The van der Waals surface area contributed by atoms with E-state index in [4.69, 9.17) is 10.7 Å². The molecule has 3 N–H and O–H groups in total. The maximum Gasteiger partial charge on any atom is 0.160 e. The summed E-state index contributed by atoms with van der Waals surface area (Å²) in [4.78, 5) is 13.9. The number of β-amino-alcohol motifs (C(OH)–C–C–N with tert-alkyl or cyclic N) is 1. The van der Waals surface area contributed by atoms with Crippen molar-refractivity contribution in [1.29, 1.82) is 0 Å². The molecule has 2 aliphatic heterocycles. The van der Waals surface area contributed by atoms with Gasteiger partial charge in [-0.05, 0) is 45.5 Å². The number of nitrogens with zero attached hydrogens (tertiary/aromatic N) is 4. The minimum atomic E-state index is -0.860. The minimum absolute atomic E-state index is 0.183. The smallest absolute Gasteiger partial charge is 0.160 e. The van der Waals surface area contributed by atoms with Crippen LogP contribution in [0.15, 0.2) is 45.7 Å². The maximum absolute atomic E-state index is 10.5. The van der Waals surface area contributed by atoms with Gasteiger partial charge in [0.1, 0.15) is 5.54 Å². The van der Waals surface area contributed by atoms with Gasteiger partial charge in [0.25, 0.3) is 0 Å². The van der Waals surface area contributed by atoms with Crippen LogP contribution in [0.2, 0.25) is 0 Å². The fourth-order valence-electron chi connectivity index (χ4n) is 3.67. The van der Waals surface area contributed by atoms with Gasteiger partial charge in [-0.1, -0.05) is 13.0 Å². The third kappa shape index (κ3) is 2.64. The zero-order valence-corrected chi connectivity index (χ0v) is 14.9. The lowest BCUT2D eigenvalue weighted by molar-refractivity contribution is -0.0230. The molecule has 2 unspecified atom stereocenters. The first-order valence-electron chi connectivity index (χ1n) is 8.47. The molecule has 0 saturated carbocycles. The second kappa shape index (κ2) is 5.95. The van der Waals surface area contributed by atoms with Crippen LogP contribution in [0.3, 0.4) is 0 Å². The molecule has 6 heteroatoms. The first-order chi connectivity index (χ1) is 11.3. The molecule has 0 aromatic rings. The number of aliphatic imine (C=N–C) groups is 2. The number of aliphatic hydroxyl groups is 1. The van der Waals surface area contributed by atoms with Crippen molar-refractivity contribution in [1.82, 2.24) is 9.80 Å². The van der Waals surface area contributed by atoms with Gasteiger partial charge in [0, 0.05) is 19.3 Å². The van der Waals surface area contributed by atoms with Crippen molar-refractivity contribution < 1.29 is 5.11 Å². The Morgan fingerprint density at radius 2 is 2.17 bits per heavy atom. The second-order valence-corrected chi connectivity index (χ2v) is 7.32. The Morgan fingerprint density at radius 1 is 1.42 bits per heavy atom. The number of hydrogen-bond donors (Lipinski definition) is 2. The van der Waals surface area contributed by atoms with Crippen LogP contribution in [0.4, 0.5) is 0 Å². The number of dihydropyridines is 1. The molecule has 3 aliphatic rings. The molecule has 24 heavy (non-hydrogen) atoms. The Kier molecular flexibility index (Phi) is 4.23. The molecule has 0 aromatic carbocycles. The lowest BCUT2D eigenvalue weighted by Gasteiger charge is -2.45. The van der Waals surface area contributed by atoms with Gasteiger partial charge >= 0.3 is 0 Å². The van der Waals surface area contributed by atoms with E-state index in [0.717, 1.165) is 24.4 Å². The summed E-state index contributed by atoms with van der Waals surface area (Å²) in [5, 5.41) is 10.5. The van der Waals surface area contributed by atoms with Crippen LogP contribution in [-0.4, -0.2) is 64.4 Å². The highest BCUT2D eigenvalue weighted by atomic mass is 16.3. The monoisotopic (exact) mass is 329 g/mol. The Bertz CT molecular complexity index is 667. The summed E-state index contributed by atoms with van der Waals surface area (Å²) in [7, 11) is 2.06. The average Bonchev–Trinajstić information content (AvgIpc) is 2.81. The van der Waals surface area contributed by atoms with E-state index in [1.807, 2.05) is 32.1 Å². The molecule has 0 radical (unpaired) electrons. The molecule has 6 nitrogen and oxygen atoms in total. The topological polar surface area (TPSA) is 77.5 Å². The molecule has 3 rings (SSSR count). The summed E-state index contributed by atoms with van der Waals surface area (Å²) in [6, 6.07) is 0. The SMILES string of the molecule is CCCN(C)C1N=C2C(N)=CC=C3N=CC=CC32N1CC(C)(C)O. The fourth-order valence-corrected chi connectivity index (χ4v) is 3.67. The van der Waals surface area contributed by atoms with Crippen molar-refractivity contribution in [2.75, 3.05) is 20.1 Å². The molecule has 130 valence electrons. The second-order valence-electron chi connectivity index (χ2n) is 7.32. The molecule has 0 saturated heterocycles. The molecule has 1 spiro atoms. The molecule has 2 heterocycles. The van der Waals surface area contributed by atoms with E-state index in [2.05, 4.69) is 34.8 Å². The van der Waals surface area contributed by atoms with Crippen LogP contribution in [0, 0.1) is 0 Å². The van der Waals surface area contributed by atoms with Gasteiger partial charge in [0.2, 0.25) is 0 Å². The van der Waals surface area contributed by atoms with Crippen molar-refractivity contribution in [3.8, 4) is 0 Å². The molecule has 0 amide bonds. The van der Waals surface area contributed by atoms with Crippen LogP contribution in [0.25, 0.3) is 0 Å². The van der Waals surface area contributed by atoms with Gasteiger partial charge in [-0.2, -0.15) is 0 Å².